The molecule has 1 amide bonds. The van der Waals surface area contributed by atoms with Crippen molar-refractivity contribution in [1.29, 1.82) is 0 Å². The van der Waals surface area contributed by atoms with Crippen molar-refractivity contribution in [3.05, 3.63) is 29.6 Å². The number of nitrogens with zero attached hydrogens (tertiary/aromatic N) is 1. The molecular formula is C18H18F2N2O2S. The number of carbonyl (C=O) groups excluding carboxylic acids is 1. The number of aromatic nitrogens is 1. The molecule has 132 valence electrons. The van der Waals surface area contributed by atoms with Gasteiger partial charge >= 0.3 is 6.61 Å². The minimum atomic E-state index is -2.89. The number of hydrogen-bond acceptors (Lipinski definition) is 4. The van der Waals surface area contributed by atoms with E-state index in [4.69, 9.17) is 0 Å². The molecule has 1 N–H and O–H groups in total. The summed E-state index contributed by atoms with van der Waals surface area (Å²) in [5.41, 5.74) is 1.00. The average molecular weight is 364 g/mol. The molecule has 2 aliphatic carbocycles. The highest BCUT2D eigenvalue weighted by Gasteiger charge is 2.43. The molecule has 3 atom stereocenters. The average Bonchev–Trinajstić information content (AvgIpc) is 3.31. The van der Waals surface area contributed by atoms with Crippen molar-refractivity contribution < 1.29 is 18.3 Å². The molecule has 2 fully saturated rings. The van der Waals surface area contributed by atoms with Crippen LogP contribution in [-0.2, 0) is 4.79 Å². The van der Waals surface area contributed by atoms with Crippen LogP contribution in [0.5, 0.6) is 5.75 Å². The van der Waals surface area contributed by atoms with Gasteiger partial charge in [-0.3, -0.25) is 4.79 Å². The molecule has 1 heterocycles. The molecule has 0 radical (unpaired) electrons. The van der Waals surface area contributed by atoms with Gasteiger partial charge in [0.25, 0.3) is 0 Å². The fourth-order valence-electron chi connectivity index (χ4n) is 4.10. The van der Waals surface area contributed by atoms with Crippen molar-refractivity contribution in [3.8, 4) is 17.0 Å². The summed E-state index contributed by atoms with van der Waals surface area (Å²) in [5, 5.41) is 5.13. The van der Waals surface area contributed by atoms with Crippen LogP contribution in [0, 0.1) is 17.8 Å². The van der Waals surface area contributed by atoms with Gasteiger partial charge in [-0.2, -0.15) is 8.78 Å². The van der Waals surface area contributed by atoms with Crippen LogP contribution in [0.3, 0.4) is 0 Å². The number of halogens is 2. The third kappa shape index (κ3) is 3.38. The summed E-state index contributed by atoms with van der Waals surface area (Å²) in [6.07, 6.45) is 4.53. The van der Waals surface area contributed by atoms with Crippen LogP contribution >= 0.6 is 11.3 Å². The van der Waals surface area contributed by atoms with Gasteiger partial charge in [-0.25, -0.2) is 4.98 Å². The van der Waals surface area contributed by atoms with Crippen LogP contribution in [0.15, 0.2) is 29.6 Å². The first-order valence-corrected chi connectivity index (χ1v) is 9.28. The maximum atomic E-state index is 12.5. The highest BCUT2D eigenvalue weighted by molar-refractivity contribution is 7.14. The Morgan fingerprint density at radius 1 is 1.28 bits per heavy atom. The summed E-state index contributed by atoms with van der Waals surface area (Å²) in [4.78, 5) is 16.9. The van der Waals surface area contributed by atoms with Crippen molar-refractivity contribution in [1.82, 2.24) is 4.98 Å². The summed E-state index contributed by atoms with van der Waals surface area (Å²) in [7, 11) is 0. The number of anilines is 1. The van der Waals surface area contributed by atoms with Gasteiger partial charge in [-0.15, -0.1) is 11.3 Å². The molecular weight excluding hydrogens is 346 g/mol. The lowest BCUT2D eigenvalue weighted by atomic mass is 9.88. The van der Waals surface area contributed by atoms with Crippen LogP contribution in [0.4, 0.5) is 13.9 Å². The minimum absolute atomic E-state index is 0.0326. The molecule has 4 rings (SSSR count). The van der Waals surface area contributed by atoms with Crippen LogP contribution in [0.2, 0.25) is 0 Å². The Morgan fingerprint density at radius 3 is 2.84 bits per heavy atom. The van der Waals surface area contributed by atoms with E-state index in [0.717, 1.165) is 12.8 Å². The number of alkyl halides is 2. The Morgan fingerprint density at radius 2 is 2.12 bits per heavy atom. The fourth-order valence-corrected chi connectivity index (χ4v) is 4.81. The molecule has 2 bridgehead atoms. The number of rotatable bonds is 5. The monoisotopic (exact) mass is 364 g/mol. The van der Waals surface area contributed by atoms with Gasteiger partial charge in [0.1, 0.15) is 5.75 Å². The maximum Gasteiger partial charge on any atom is 0.387 e. The number of benzene rings is 1. The van der Waals surface area contributed by atoms with Gasteiger partial charge in [0.05, 0.1) is 5.69 Å². The largest absolute Gasteiger partial charge is 0.434 e. The number of hydrogen-bond donors (Lipinski definition) is 1. The summed E-state index contributed by atoms with van der Waals surface area (Å²) in [6.45, 7) is -2.89. The van der Waals surface area contributed by atoms with Gasteiger partial charge in [0, 0.05) is 16.9 Å². The Labute approximate surface area is 148 Å². The molecule has 1 aromatic heterocycles. The number of carbonyl (C=O) groups is 1. The zero-order valence-corrected chi connectivity index (χ0v) is 14.3. The van der Waals surface area contributed by atoms with Gasteiger partial charge in [0.2, 0.25) is 5.91 Å². The van der Waals surface area contributed by atoms with Crippen molar-refractivity contribution in [2.24, 2.45) is 17.8 Å². The van der Waals surface area contributed by atoms with E-state index >= 15 is 0 Å². The van der Waals surface area contributed by atoms with Crippen molar-refractivity contribution in [3.63, 3.8) is 0 Å². The van der Waals surface area contributed by atoms with E-state index in [-0.39, 0.29) is 17.6 Å². The van der Waals surface area contributed by atoms with Gasteiger partial charge in [-0.1, -0.05) is 18.6 Å². The number of fused-ring (bicyclic) bond motifs is 2. The predicted molar refractivity (Wildman–Crippen MR) is 91.7 cm³/mol. The molecule has 0 saturated heterocycles. The van der Waals surface area contributed by atoms with Gasteiger partial charge < -0.3 is 10.1 Å². The highest BCUT2D eigenvalue weighted by atomic mass is 32.1. The normalized spacial score (nSPS) is 24.7. The van der Waals surface area contributed by atoms with Crippen LogP contribution in [0.1, 0.15) is 25.7 Å². The minimum Gasteiger partial charge on any atom is -0.434 e. The molecule has 25 heavy (non-hydrogen) atoms. The molecule has 4 nitrogen and oxygen atoms in total. The van der Waals surface area contributed by atoms with Gasteiger partial charge in [-0.05, 0) is 43.2 Å². The van der Waals surface area contributed by atoms with Crippen molar-refractivity contribution >= 4 is 22.4 Å². The van der Waals surface area contributed by atoms with E-state index in [9.17, 15) is 13.6 Å². The first kappa shape index (κ1) is 16.4. The van der Waals surface area contributed by atoms with Crippen molar-refractivity contribution in [2.45, 2.75) is 32.3 Å². The van der Waals surface area contributed by atoms with E-state index in [1.807, 2.05) is 0 Å². The second-order valence-corrected chi connectivity index (χ2v) is 7.54. The molecule has 3 unspecified atom stereocenters. The predicted octanol–water partition coefficient (Wildman–Crippen LogP) is 4.79. The van der Waals surface area contributed by atoms with Crippen LogP contribution in [-0.4, -0.2) is 17.5 Å². The third-order valence-corrected chi connectivity index (χ3v) is 5.95. The Hall–Kier alpha value is -2.02. The molecule has 2 aliphatic rings. The standard InChI is InChI=1S/C18H18F2N2O2S/c19-17(20)24-15-4-2-1-3-12(15)14-9-25-18(21-14)22-16(23)13-8-10-5-6-11(13)7-10/h1-4,9-11,13,17H,5-8H2,(H,21,22,23). The molecule has 7 heteroatoms. The third-order valence-electron chi connectivity index (χ3n) is 5.19. The molecule has 2 saturated carbocycles. The Bertz CT molecular complexity index is 780. The van der Waals surface area contributed by atoms with Crippen LogP contribution in [0.25, 0.3) is 11.3 Å². The van der Waals surface area contributed by atoms with E-state index < -0.39 is 6.61 Å². The number of nitrogens with one attached hydrogen (secondary N) is 1. The molecule has 0 spiro atoms. The smallest absolute Gasteiger partial charge is 0.387 e. The second-order valence-electron chi connectivity index (χ2n) is 6.68. The van der Waals surface area contributed by atoms with Gasteiger partial charge in [0.15, 0.2) is 5.13 Å². The lowest BCUT2D eigenvalue weighted by molar-refractivity contribution is -0.121. The topological polar surface area (TPSA) is 51.2 Å². The van der Waals surface area contributed by atoms with E-state index in [1.54, 1.807) is 23.6 Å². The molecule has 1 aromatic carbocycles. The summed E-state index contributed by atoms with van der Waals surface area (Å²) < 4.78 is 29.6. The first-order valence-electron chi connectivity index (χ1n) is 8.40. The molecule has 0 aliphatic heterocycles. The number of para-hydroxylation sites is 1. The zero-order chi connectivity index (χ0) is 17.4. The fraction of sp³-hybridized carbons (Fsp3) is 0.444. The summed E-state index contributed by atoms with van der Waals surface area (Å²) >= 11 is 1.29. The lowest BCUT2D eigenvalue weighted by Gasteiger charge is -2.19. The molecule has 2 aromatic rings. The van der Waals surface area contributed by atoms with Crippen LogP contribution < -0.4 is 10.1 Å². The second kappa shape index (κ2) is 6.71. The Kier molecular flexibility index (Phi) is 4.41. The SMILES string of the molecule is O=C(Nc1nc(-c2ccccc2OC(F)F)cs1)C1CC2CCC1C2. The summed E-state index contributed by atoms with van der Waals surface area (Å²) in [6, 6.07) is 6.52. The zero-order valence-electron chi connectivity index (χ0n) is 13.5. The number of ether oxygens (including phenoxy) is 1. The quantitative estimate of drug-likeness (QED) is 0.830. The first-order chi connectivity index (χ1) is 12.1. The number of thiazole rings is 1. The van der Waals surface area contributed by atoms with E-state index in [2.05, 4.69) is 15.0 Å². The highest BCUT2D eigenvalue weighted by Crippen LogP contribution is 2.48. The van der Waals surface area contributed by atoms with Crippen molar-refractivity contribution in [2.75, 3.05) is 5.32 Å². The Balaban J connectivity index is 1.48. The lowest BCUT2D eigenvalue weighted by Crippen LogP contribution is -2.27. The maximum absolute atomic E-state index is 12.5. The van der Waals surface area contributed by atoms with E-state index in [1.165, 1.54) is 30.2 Å². The van der Waals surface area contributed by atoms with E-state index in [0.29, 0.717) is 28.2 Å². The number of amides is 1. The summed E-state index contributed by atoms with van der Waals surface area (Å²) in [5.74, 6) is 1.40.